The Morgan fingerprint density at radius 1 is 1.19 bits per heavy atom. The lowest BCUT2D eigenvalue weighted by atomic mass is 10.2. The number of carbonyl (C=O) groups excluding carboxylic acids is 2. The highest BCUT2D eigenvalue weighted by molar-refractivity contribution is 5.92. The molecule has 0 aromatic carbocycles. The molecule has 0 spiro atoms. The highest BCUT2D eigenvalue weighted by Gasteiger charge is 2.15. The van der Waals surface area contributed by atoms with Gasteiger partial charge in [0.05, 0.1) is 18.1 Å². The Labute approximate surface area is 158 Å². The van der Waals surface area contributed by atoms with Gasteiger partial charge in [-0.05, 0) is 37.7 Å². The van der Waals surface area contributed by atoms with Gasteiger partial charge in [0.15, 0.2) is 5.76 Å². The number of hydrogen-bond donors (Lipinski definition) is 2. The van der Waals surface area contributed by atoms with E-state index in [1.54, 1.807) is 18.3 Å². The molecule has 8 heteroatoms. The Morgan fingerprint density at radius 2 is 2.00 bits per heavy atom. The molecule has 1 fully saturated rings. The first-order valence-corrected chi connectivity index (χ1v) is 9.13. The second-order valence-electron chi connectivity index (χ2n) is 6.58. The molecule has 0 aliphatic carbocycles. The van der Waals surface area contributed by atoms with Crippen LogP contribution in [0.4, 0.5) is 11.5 Å². The summed E-state index contributed by atoms with van der Waals surface area (Å²) in [6, 6.07) is 7.06. The van der Waals surface area contributed by atoms with Gasteiger partial charge < -0.3 is 24.9 Å². The van der Waals surface area contributed by atoms with Crippen molar-refractivity contribution in [3.63, 3.8) is 0 Å². The maximum Gasteiger partial charge on any atom is 0.286 e. The molecule has 2 aromatic heterocycles. The molecular weight excluding hydrogens is 346 g/mol. The van der Waals surface area contributed by atoms with Crippen LogP contribution in [0.15, 0.2) is 41.1 Å². The molecule has 3 heterocycles. The van der Waals surface area contributed by atoms with Crippen LogP contribution in [0.3, 0.4) is 0 Å². The number of amides is 2. The van der Waals surface area contributed by atoms with Crippen molar-refractivity contribution < 1.29 is 14.0 Å². The summed E-state index contributed by atoms with van der Waals surface area (Å²) in [6.45, 7) is 4.37. The molecule has 1 aliphatic rings. The van der Waals surface area contributed by atoms with Gasteiger partial charge in [0.1, 0.15) is 5.82 Å². The van der Waals surface area contributed by atoms with Crippen LogP contribution in [0.1, 0.15) is 23.4 Å². The highest BCUT2D eigenvalue weighted by Crippen LogP contribution is 2.16. The monoisotopic (exact) mass is 371 g/mol. The first kappa shape index (κ1) is 18.9. The number of likely N-dealkylation sites (N-methyl/N-ethyl adjacent to an activating group) is 1. The Kier molecular flexibility index (Phi) is 6.43. The van der Waals surface area contributed by atoms with Gasteiger partial charge in [0.25, 0.3) is 5.91 Å². The third kappa shape index (κ3) is 5.55. The zero-order valence-electron chi connectivity index (χ0n) is 15.5. The summed E-state index contributed by atoms with van der Waals surface area (Å²) < 4.78 is 5.01. The first-order chi connectivity index (χ1) is 13.1. The van der Waals surface area contributed by atoms with Gasteiger partial charge in [-0.2, -0.15) is 0 Å². The van der Waals surface area contributed by atoms with Crippen LogP contribution < -0.4 is 15.5 Å². The summed E-state index contributed by atoms with van der Waals surface area (Å²) in [5.74, 6) is 0.827. The van der Waals surface area contributed by atoms with E-state index in [1.165, 1.54) is 6.26 Å². The summed E-state index contributed by atoms with van der Waals surface area (Å²) in [5, 5.41) is 5.55. The Bertz CT molecular complexity index is 737. The van der Waals surface area contributed by atoms with Crippen LogP contribution >= 0.6 is 0 Å². The van der Waals surface area contributed by atoms with E-state index < -0.39 is 0 Å². The Hall–Kier alpha value is -2.87. The highest BCUT2D eigenvalue weighted by atomic mass is 16.3. The molecule has 1 aliphatic heterocycles. The van der Waals surface area contributed by atoms with E-state index in [9.17, 15) is 9.59 Å². The average Bonchev–Trinajstić information content (AvgIpc) is 3.21. The number of piperazine rings is 1. The lowest BCUT2D eigenvalue weighted by molar-refractivity contribution is -0.116. The van der Waals surface area contributed by atoms with Gasteiger partial charge >= 0.3 is 0 Å². The maximum absolute atomic E-state index is 12.0. The van der Waals surface area contributed by atoms with Crippen molar-refractivity contribution in [2.75, 3.05) is 50.0 Å². The fraction of sp³-hybridized carbons (Fsp3) is 0.421. The number of rotatable bonds is 7. The predicted molar refractivity (Wildman–Crippen MR) is 103 cm³/mol. The van der Waals surface area contributed by atoms with Crippen LogP contribution in [0.2, 0.25) is 0 Å². The SMILES string of the molecule is CN1CCN(c2ccc(NC(=O)CCCNC(=O)c3ccco3)cn2)CC1. The molecule has 0 unspecified atom stereocenters. The van der Waals surface area contributed by atoms with Gasteiger partial charge in [0, 0.05) is 39.1 Å². The number of aromatic nitrogens is 1. The summed E-state index contributed by atoms with van der Waals surface area (Å²) in [5.41, 5.74) is 0.678. The molecule has 0 radical (unpaired) electrons. The number of carbonyl (C=O) groups is 2. The van der Waals surface area contributed by atoms with E-state index in [-0.39, 0.29) is 17.6 Å². The number of nitrogens with one attached hydrogen (secondary N) is 2. The van der Waals surface area contributed by atoms with Gasteiger partial charge in [0.2, 0.25) is 5.91 Å². The van der Waals surface area contributed by atoms with Crippen molar-refractivity contribution in [1.82, 2.24) is 15.2 Å². The molecular formula is C19H25N5O3. The number of anilines is 2. The van der Waals surface area contributed by atoms with E-state index >= 15 is 0 Å². The van der Waals surface area contributed by atoms with Crippen LogP contribution in [-0.4, -0.2) is 61.5 Å². The van der Waals surface area contributed by atoms with Gasteiger partial charge in [-0.1, -0.05) is 0 Å². The zero-order valence-corrected chi connectivity index (χ0v) is 15.5. The fourth-order valence-electron chi connectivity index (χ4n) is 2.85. The molecule has 3 rings (SSSR count). The normalized spacial score (nSPS) is 14.8. The third-order valence-electron chi connectivity index (χ3n) is 4.47. The van der Waals surface area contributed by atoms with Crippen molar-refractivity contribution in [2.24, 2.45) is 0 Å². The van der Waals surface area contributed by atoms with Gasteiger partial charge in [-0.25, -0.2) is 4.98 Å². The van der Waals surface area contributed by atoms with E-state index in [1.807, 2.05) is 12.1 Å². The zero-order chi connectivity index (χ0) is 19.1. The van der Waals surface area contributed by atoms with Crippen molar-refractivity contribution in [3.8, 4) is 0 Å². The van der Waals surface area contributed by atoms with Crippen LogP contribution in [0.25, 0.3) is 0 Å². The molecule has 0 bridgehead atoms. The lowest BCUT2D eigenvalue weighted by Crippen LogP contribution is -2.44. The molecule has 1 saturated heterocycles. The maximum atomic E-state index is 12.0. The molecule has 144 valence electrons. The topological polar surface area (TPSA) is 90.7 Å². The Morgan fingerprint density at radius 3 is 2.67 bits per heavy atom. The minimum atomic E-state index is -0.274. The van der Waals surface area contributed by atoms with Gasteiger partial charge in [-0.15, -0.1) is 0 Å². The molecule has 2 amide bonds. The number of furan rings is 1. The standard InChI is InChI=1S/C19H25N5O3/c1-23-9-11-24(12-10-23)17-7-6-15(14-21-17)22-18(25)5-2-8-20-19(26)16-4-3-13-27-16/h3-4,6-7,13-14H,2,5,8-12H2,1H3,(H,20,26)(H,22,25). The molecule has 0 saturated carbocycles. The second kappa shape index (κ2) is 9.18. The minimum absolute atomic E-state index is 0.101. The van der Waals surface area contributed by atoms with E-state index in [2.05, 4.69) is 32.5 Å². The Balaban J connectivity index is 1.37. The van der Waals surface area contributed by atoms with E-state index in [0.717, 1.165) is 32.0 Å². The molecule has 8 nitrogen and oxygen atoms in total. The summed E-state index contributed by atoms with van der Waals surface area (Å²) >= 11 is 0. The average molecular weight is 371 g/mol. The third-order valence-corrected chi connectivity index (χ3v) is 4.47. The van der Waals surface area contributed by atoms with Crippen LogP contribution in [0.5, 0.6) is 0 Å². The van der Waals surface area contributed by atoms with Crippen molar-refractivity contribution in [1.29, 1.82) is 0 Å². The lowest BCUT2D eigenvalue weighted by Gasteiger charge is -2.33. The summed E-state index contributed by atoms with van der Waals surface area (Å²) in [4.78, 5) is 32.7. The first-order valence-electron chi connectivity index (χ1n) is 9.13. The summed E-state index contributed by atoms with van der Waals surface area (Å²) in [7, 11) is 2.12. The van der Waals surface area contributed by atoms with Crippen molar-refractivity contribution in [3.05, 3.63) is 42.5 Å². The number of pyridine rings is 1. The van der Waals surface area contributed by atoms with Crippen LogP contribution in [0, 0.1) is 0 Å². The van der Waals surface area contributed by atoms with Gasteiger partial charge in [-0.3, -0.25) is 9.59 Å². The second-order valence-corrected chi connectivity index (χ2v) is 6.58. The van der Waals surface area contributed by atoms with Crippen molar-refractivity contribution in [2.45, 2.75) is 12.8 Å². The molecule has 2 aromatic rings. The minimum Gasteiger partial charge on any atom is -0.459 e. The molecule has 2 N–H and O–H groups in total. The van der Waals surface area contributed by atoms with E-state index in [4.69, 9.17) is 4.42 Å². The fourth-order valence-corrected chi connectivity index (χ4v) is 2.85. The smallest absolute Gasteiger partial charge is 0.286 e. The molecule has 27 heavy (non-hydrogen) atoms. The number of nitrogens with zero attached hydrogens (tertiary/aromatic N) is 3. The quantitative estimate of drug-likeness (QED) is 0.718. The number of hydrogen-bond acceptors (Lipinski definition) is 6. The van der Waals surface area contributed by atoms with Crippen LogP contribution in [-0.2, 0) is 4.79 Å². The largest absolute Gasteiger partial charge is 0.459 e. The van der Waals surface area contributed by atoms with Crippen molar-refractivity contribution >= 4 is 23.3 Å². The van der Waals surface area contributed by atoms with E-state index in [0.29, 0.717) is 25.1 Å². The summed E-state index contributed by atoms with van der Waals surface area (Å²) in [6.07, 6.45) is 4.00. The predicted octanol–water partition coefficient (Wildman–Crippen LogP) is 1.58. The molecule has 0 atom stereocenters.